The molecule has 2 aromatic carbocycles. The molecule has 0 saturated carbocycles. The molecule has 4 rings (SSSR count). The fourth-order valence-electron chi connectivity index (χ4n) is 3.27. The molecule has 0 bridgehead atoms. The van der Waals surface area contributed by atoms with Gasteiger partial charge in [0.2, 0.25) is 0 Å². The van der Waals surface area contributed by atoms with Crippen molar-refractivity contribution < 1.29 is 9.52 Å². The molecule has 0 aliphatic rings. The smallest absolute Gasteiger partial charge is 0.134 e. The van der Waals surface area contributed by atoms with Crippen LogP contribution in [0.25, 0.3) is 22.2 Å². The van der Waals surface area contributed by atoms with Crippen LogP contribution >= 0.6 is 0 Å². The maximum Gasteiger partial charge on any atom is 0.134 e. The van der Waals surface area contributed by atoms with E-state index in [0.717, 1.165) is 39.4 Å². The zero-order valence-electron chi connectivity index (χ0n) is 16.6. The van der Waals surface area contributed by atoms with Gasteiger partial charge in [-0.05, 0) is 43.3 Å². The standard InChI is InChI=1S/C24H22N4O2/c1-16-2-5-19(6-3-16)28-24-18(13-25)14-27-22-12-17(4-8-21(22)24)23-9-7-20(30-23)15-26-10-11-29/h2-9,12,14,26,29H,10-11,15H2,1H3,(H,27,28). The molecule has 2 aromatic heterocycles. The summed E-state index contributed by atoms with van der Waals surface area (Å²) in [7, 11) is 0. The first-order valence-corrected chi connectivity index (χ1v) is 9.75. The normalized spacial score (nSPS) is 10.8. The zero-order chi connectivity index (χ0) is 20.9. The maximum atomic E-state index is 9.56. The summed E-state index contributed by atoms with van der Waals surface area (Å²) < 4.78 is 5.91. The maximum absolute atomic E-state index is 9.56. The number of nitrogens with one attached hydrogen (secondary N) is 2. The van der Waals surface area contributed by atoms with E-state index in [2.05, 4.69) is 21.7 Å². The Hall–Kier alpha value is -3.66. The monoisotopic (exact) mass is 398 g/mol. The summed E-state index contributed by atoms with van der Waals surface area (Å²) in [5.74, 6) is 1.55. The van der Waals surface area contributed by atoms with Crippen molar-refractivity contribution in [2.24, 2.45) is 0 Å². The second-order valence-electron chi connectivity index (χ2n) is 7.05. The van der Waals surface area contributed by atoms with E-state index in [1.54, 1.807) is 6.20 Å². The highest BCUT2D eigenvalue weighted by Gasteiger charge is 2.12. The number of rotatable bonds is 7. The molecule has 30 heavy (non-hydrogen) atoms. The van der Waals surface area contributed by atoms with Crippen molar-refractivity contribution in [1.29, 1.82) is 5.26 Å². The van der Waals surface area contributed by atoms with E-state index in [1.807, 2.05) is 61.5 Å². The fraction of sp³-hybridized carbons (Fsp3) is 0.167. The van der Waals surface area contributed by atoms with E-state index in [-0.39, 0.29) is 6.61 Å². The molecular formula is C24H22N4O2. The van der Waals surface area contributed by atoms with E-state index in [1.165, 1.54) is 5.56 Å². The first-order chi connectivity index (χ1) is 14.7. The average molecular weight is 398 g/mol. The van der Waals surface area contributed by atoms with Crippen LogP contribution in [-0.2, 0) is 6.54 Å². The number of anilines is 2. The number of hydrogen-bond acceptors (Lipinski definition) is 6. The molecule has 150 valence electrons. The molecule has 2 heterocycles. The Morgan fingerprint density at radius 3 is 2.70 bits per heavy atom. The minimum absolute atomic E-state index is 0.0908. The van der Waals surface area contributed by atoms with Gasteiger partial charge in [0.05, 0.1) is 29.9 Å². The zero-order valence-corrected chi connectivity index (χ0v) is 16.6. The number of pyridine rings is 1. The number of aromatic nitrogens is 1. The highest BCUT2D eigenvalue weighted by Crippen LogP contribution is 2.32. The van der Waals surface area contributed by atoms with Crippen molar-refractivity contribution in [2.45, 2.75) is 13.5 Å². The molecule has 6 heteroatoms. The summed E-state index contributed by atoms with van der Waals surface area (Å²) >= 11 is 0. The Bertz CT molecular complexity index is 1210. The fourth-order valence-corrected chi connectivity index (χ4v) is 3.27. The lowest BCUT2D eigenvalue weighted by molar-refractivity contribution is 0.290. The second-order valence-corrected chi connectivity index (χ2v) is 7.05. The molecule has 0 atom stereocenters. The molecule has 0 amide bonds. The summed E-state index contributed by atoms with van der Waals surface area (Å²) in [5.41, 5.74) is 5.01. The van der Waals surface area contributed by atoms with Crippen LogP contribution in [0.4, 0.5) is 11.4 Å². The van der Waals surface area contributed by atoms with Gasteiger partial charge in [0.1, 0.15) is 17.6 Å². The van der Waals surface area contributed by atoms with Crippen molar-refractivity contribution in [3.63, 3.8) is 0 Å². The lowest BCUT2D eigenvalue weighted by Gasteiger charge is -2.12. The van der Waals surface area contributed by atoms with Gasteiger partial charge in [0, 0.05) is 29.4 Å². The quantitative estimate of drug-likeness (QED) is 0.397. The Morgan fingerprint density at radius 2 is 1.93 bits per heavy atom. The molecule has 0 aliphatic heterocycles. The van der Waals surface area contributed by atoms with E-state index in [4.69, 9.17) is 9.52 Å². The summed E-state index contributed by atoms with van der Waals surface area (Å²) in [5, 5.41) is 25.8. The lowest BCUT2D eigenvalue weighted by Crippen LogP contribution is -2.16. The van der Waals surface area contributed by atoms with E-state index in [0.29, 0.717) is 18.7 Å². The van der Waals surface area contributed by atoms with Gasteiger partial charge in [-0.1, -0.05) is 23.8 Å². The molecule has 0 saturated heterocycles. The molecule has 0 radical (unpaired) electrons. The van der Waals surface area contributed by atoms with Crippen LogP contribution in [-0.4, -0.2) is 23.2 Å². The highest BCUT2D eigenvalue weighted by molar-refractivity contribution is 5.97. The van der Waals surface area contributed by atoms with E-state index < -0.39 is 0 Å². The number of furan rings is 1. The van der Waals surface area contributed by atoms with Gasteiger partial charge in [-0.25, -0.2) is 0 Å². The number of benzene rings is 2. The number of nitriles is 1. The van der Waals surface area contributed by atoms with Gasteiger partial charge >= 0.3 is 0 Å². The number of aliphatic hydroxyl groups excluding tert-OH is 1. The Morgan fingerprint density at radius 1 is 1.10 bits per heavy atom. The van der Waals surface area contributed by atoms with Gasteiger partial charge in [0.25, 0.3) is 0 Å². The highest BCUT2D eigenvalue weighted by atomic mass is 16.3. The predicted molar refractivity (Wildman–Crippen MR) is 117 cm³/mol. The lowest BCUT2D eigenvalue weighted by atomic mass is 10.1. The van der Waals surface area contributed by atoms with Gasteiger partial charge in [-0.3, -0.25) is 4.98 Å². The van der Waals surface area contributed by atoms with Crippen molar-refractivity contribution in [1.82, 2.24) is 10.3 Å². The van der Waals surface area contributed by atoms with Crippen LogP contribution in [0.15, 0.2) is 65.2 Å². The molecule has 6 nitrogen and oxygen atoms in total. The van der Waals surface area contributed by atoms with Crippen LogP contribution in [0.1, 0.15) is 16.9 Å². The second kappa shape index (κ2) is 8.78. The van der Waals surface area contributed by atoms with Crippen molar-refractivity contribution in [2.75, 3.05) is 18.5 Å². The third-order valence-electron chi connectivity index (χ3n) is 4.84. The molecule has 3 N–H and O–H groups in total. The largest absolute Gasteiger partial charge is 0.460 e. The van der Waals surface area contributed by atoms with Crippen molar-refractivity contribution in [3.8, 4) is 17.4 Å². The van der Waals surface area contributed by atoms with Crippen LogP contribution < -0.4 is 10.6 Å². The minimum Gasteiger partial charge on any atom is -0.460 e. The van der Waals surface area contributed by atoms with E-state index in [9.17, 15) is 5.26 Å². The Kier molecular flexibility index (Phi) is 5.75. The van der Waals surface area contributed by atoms with Crippen LogP contribution in [0, 0.1) is 18.3 Å². The molecule has 0 fully saturated rings. The number of aryl methyl sites for hydroxylation is 1. The number of nitrogens with zero attached hydrogens (tertiary/aromatic N) is 2. The first-order valence-electron chi connectivity index (χ1n) is 9.75. The average Bonchev–Trinajstić information content (AvgIpc) is 3.24. The van der Waals surface area contributed by atoms with Crippen molar-refractivity contribution >= 4 is 22.3 Å². The summed E-state index contributed by atoms with van der Waals surface area (Å²) in [6.45, 7) is 3.21. The minimum atomic E-state index is 0.0908. The third kappa shape index (κ3) is 4.18. The Labute approximate surface area is 174 Å². The summed E-state index contributed by atoms with van der Waals surface area (Å²) in [6.07, 6.45) is 1.59. The van der Waals surface area contributed by atoms with Crippen molar-refractivity contribution in [3.05, 3.63) is 77.7 Å². The molecule has 0 aliphatic carbocycles. The number of aliphatic hydroxyl groups is 1. The first kappa shape index (κ1) is 19.6. The topological polar surface area (TPSA) is 94.1 Å². The molecular weight excluding hydrogens is 376 g/mol. The van der Waals surface area contributed by atoms with Crippen LogP contribution in [0.2, 0.25) is 0 Å². The van der Waals surface area contributed by atoms with Gasteiger partial charge in [-0.15, -0.1) is 0 Å². The number of hydrogen-bond donors (Lipinski definition) is 3. The summed E-state index contributed by atoms with van der Waals surface area (Å²) in [4.78, 5) is 4.48. The van der Waals surface area contributed by atoms with Crippen LogP contribution in [0.3, 0.4) is 0 Å². The molecule has 4 aromatic rings. The predicted octanol–water partition coefficient (Wildman–Crippen LogP) is 4.50. The van der Waals surface area contributed by atoms with Gasteiger partial charge in [-0.2, -0.15) is 5.26 Å². The molecule has 0 spiro atoms. The van der Waals surface area contributed by atoms with E-state index >= 15 is 0 Å². The SMILES string of the molecule is Cc1ccc(Nc2c(C#N)cnc3cc(-c4ccc(CNCCO)o4)ccc23)cc1. The number of fused-ring (bicyclic) bond motifs is 1. The third-order valence-corrected chi connectivity index (χ3v) is 4.84. The van der Waals surface area contributed by atoms with Crippen LogP contribution in [0.5, 0.6) is 0 Å². The van der Waals surface area contributed by atoms with Gasteiger partial charge < -0.3 is 20.2 Å². The summed E-state index contributed by atoms with van der Waals surface area (Å²) in [6, 6.07) is 20.0. The Balaban J connectivity index is 1.67. The van der Waals surface area contributed by atoms with Gasteiger partial charge in [0.15, 0.2) is 0 Å². The molecule has 0 unspecified atom stereocenters.